The lowest BCUT2D eigenvalue weighted by molar-refractivity contribution is 0.0942. The van der Waals surface area contributed by atoms with Crippen LogP contribution in [0.2, 0.25) is 0 Å². The third-order valence-corrected chi connectivity index (χ3v) is 5.83. The standard InChI is InChI=1S/C25H29N3O3S/c1-15(2)13-28-24(31)20-11-10-19(23(30)26-16(3)4)12-21(20)27-25(28)32-14-22(29)18-8-6-17(5)7-9-18/h6-12,15-16H,13-14H2,1-5H3,(H,26,30). The smallest absolute Gasteiger partial charge is 0.262 e. The molecule has 168 valence electrons. The molecular weight excluding hydrogens is 422 g/mol. The topological polar surface area (TPSA) is 81.1 Å². The second-order valence-corrected chi connectivity index (χ2v) is 9.58. The molecule has 2 aromatic carbocycles. The lowest BCUT2D eigenvalue weighted by atomic mass is 10.1. The second kappa shape index (κ2) is 10.1. The molecule has 0 bridgehead atoms. The molecule has 0 fully saturated rings. The van der Waals surface area contributed by atoms with Crippen molar-refractivity contribution >= 4 is 34.4 Å². The van der Waals surface area contributed by atoms with Crippen LogP contribution in [0.25, 0.3) is 10.9 Å². The van der Waals surface area contributed by atoms with Crippen LogP contribution in [-0.2, 0) is 6.54 Å². The van der Waals surface area contributed by atoms with Crippen molar-refractivity contribution in [2.24, 2.45) is 5.92 Å². The summed E-state index contributed by atoms with van der Waals surface area (Å²) in [6.45, 7) is 10.3. The van der Waals surface area contributed by atoms with Gasteiger partial charge >= 0.3 is 0 Å². The van der Waals surface area contributed by atoms with E-state index in [4.69, 9.17) is 0 Å². The van der Waals surface area contributed by atoms with Crippen molar-refractivity contribution in [3.8, 4) is 0 Å². The highest BCUT2D eigenvalue weighted by Gasteiger charge is 2.17. The van der Waals surface area contributed by atoms with Crippen molar-refractivity contribution < 1.29 is 9.59 Å². The monoisotopic (exact) mass is 451 g/mol. The predicted molar refractivity (Wildman–Crippen MR) is 130 cm³/mol. The summed E-state index contributed by atoms with van der Waals surface area (Å²) in [5, 5.41) is 3.80. The zero-order chi connectivity index (χ0) is 23.4. The molecule has 3 rings (SSSR count). The molecule has 6 nitrogen and oxygen atoms in total. The Hall–Kier alpha value is -2.93. The molecule has 0 unspecified atom stereocenters. The Morgan fingerprint density at radius 1 is 1.03 bits per heavy atom. The number of thioether (sulfide) groups is 1. The molecule has 32 heavy (non-hydrogen) atoms. The minimum Gasteiger partial charge on any atom is -0.350 e. The summed E-state index contributed by atoms with van der Waals surface area (Å²) in [5.41, 5.74) is 2.47. The van der Waals surface area contributed by atoms with Gasteiger partial charge in [0.25, 0.3) is 11.5 Å². The van der Waals surface area contributed by atoms with Gasteiger partial charge in [0, 0.05) is 23.7 Å². The number of hydrogen-bond donors (Lipinski definition) is 1. The quantitative estimate of drug-likeness (QED) is 0.310. The number of Topliss-reactive ketones (excluding diaryl/α,β-unsaturated/α-hetero) is 1. The molecule has 1 aromatic heterocycles. The molecule has 0 saturated carbocycles. The number of aromatic nitrogens is 2. The van der Waals surface area contributed by atoms with Crippen molar-refractivity contribution in [3.05, 3.63) is 69.5 Å². The highest BCUT2D eigenvalue weighted by Crippen LogP contribution is 2.21. The highest BCUT2D eigenvalue weighted by molar-refractivity contribution is 7.99. The SMILES string of the molecule is Cc1ccc(C(=O)CSc2nc3cc(C(=O)NC(C)C)ccc3c(=O)n2CC(C)C)cc1. The molecule has 0 aliphatic carbocycles. The maximum absolute atomic E-state index is 13.2. The minimum absolute atomic E-state index is 0.00380. The Labute approximate surface area is 192 Å². The fourth-order valence-electron chi connectivity index (χ4n) is 3.28. The Balaban J connectivity index is 1.97. The third-order valence-electron chi connectivity index (χ3n) is 4.86. The van der Waals surface area contributed by atoms with E-state index in [0.29, 0.717) is 33.7 Å². The van der Waals surface area contributed by atoms with Gasteiger partial charge in [-0.1, -0.05) is 55.4 Å². The van der Waals surface area contributed by atoms with E-state index < -0.39 is 0 Å². The van der Waals surface area contributed by atoms with Crippen molar-refractivity contribution in [1.82, 2.24) is 14.9 Å². The molecule has 0 saturated heterocycles. The molecule has 1 N–H and O–H groups in total. The van der Waals surface area contributed by atoms with Gasteiger partial charge in [0.2, 0.25) is 0 Å². The van der Waals surface area contributed by atoms with Gasteiger partial charge in [0.15, 0.2) is 10.9 Å². The van der Waals surface area contributed by atoms with Crippen LogP contribution >= 0.6 is 11.8 Å². The first kappa shape index (κ1) is 23.7. The van der Waals surface area contributed by atoms with Gasteiger partial charge in [0.05, 0.1) is 16.7 Å². The van der Waals surface area contributed by atoms with E-state index in [1.54, 1.807) is 22.8 Å². The predicted octanol–water partition coefficient (Wildman–Crippen LogP) is 4.47. The van der Waals surface area contributed by atoms with E-state index in [2.05, 4.69) is 10.3 Å². The van der Waals surface area contributed by atoms with Crippen LogP contribution in [0.4, 0.5) is 0 Å². The van der Waals surface area contributed by atoms with Gasteiger partial charge in [-0.3, -0.25) is 19.0 Å². The molecular formula is C25H29N3O3S. The van der Waals surface area contributed by atoms with E-state index in [-0.39, 0.29) is 35.0 Å². The zero-order valence-corrected chi connectivity index (χ0v) is 20.0. The Morgan fingerprint density at radius 2 is 1.69 bits per heavy atom. The third kappa shape index (κ3) is 5.65. The number of benzene rings is 2. The number of amides is 1. The molecule has 0 radical (unpaired) electrons. The Kier molecular flexibility index (Phi) is 7.51. The summed E-state index contributed by atoms with van der Waals surface area (Å²) >= 11 is 1.25. The van der Waals surface area contributed by atoms with Crippen LogP contribution in [0.1, 0.15) is 54.0 Å². The van der Waals surface area contributed by atoms with Crippen molar-refractivity contribution in [2.75, 3.05) is 5.75 Å². The number of aryl methyl sites for hydroxylation is 1. The first-order valence-corrected chi connectivity index (χ1v) is 11.7. The number of nitrogens with one attached hydrogen (secondary N) is 1. The summed E-state index contributed by atoms with van der Waals surface area (Å²) in [4.78, 5) is 43.0. The molecule has 1 amide bonds. The van der Waals surface area contributed by atoms with E-state index >= 15 is 0 Å². The number of nitrogens with zero attached hydrogens (tertiary/aromatic N) is 2. The van der Waals surface area contributed by atoms with Crippen molar-refractivity contribution in [2.45, 2.75) is 52.4 Å². The number of carbonyl (C=O) groups is 2. The van der Waals surface area contributed by atoms with Crippen LogP contribution in [0.15, 0.2) is 52.4 Å². The minimum atomic E-state index is -0.209. The highest BCUT2D eigenvalue weighted by atomic mass is 32.2. The Bertz CT molecular complexity index is 1200. The Morgan fingerprint density at radius 3 is 2.31 bits per heavy atom. The first-order chi connectivity index (χ1) is 15.2. The fraction of sp³-hybridized carbons (Fsp3) is 0.360. The number of rotatable bonds is 8. The summed E-state index contributed by atoms with van der Waals surface area (Å²) < 4.78 is 1.63. The largest absolute Gasteiger partial charge is 0.350 e. The number of carbonyl (C=O) groups excluding carboxylic acids is 2. The summed E-state index contributed by atoms with van der Waals surface area (Å²) in [6, 6.07) is 12.4. The van der Waals surface area contributed by atoms with E-state index in [0.717, 1.165) is 5.56 Å². The number of fused-ring (bicyclic) bond motifs is 1. The summed E-state index contributed by atoms with van der Waals surface area (Å²) in [6.07, 6.45) is 0. The molecule has 0 atom stereocenters. The molecule has 1 heterocycles. The molecule has 0 spiro atoms. The molecule has 7 heteroatoms. The van der Waals surface area contributed by atoms with Crippen molar-refractivity contribution in [1.29, 1.82) is 0 Å². The van der Waals surface area contributed by atoms with Gasteiger partial charge in [-0.2, -0.15) is 0 Å². The van der Waals surface area contributed by atoms with Crippen LogP contribution in [0.5, 0.6) is 0 Å². The van der Waals surface area contributed by atoms with Crippen LogP contribution in [-0.4, -0.2) is 33.0 Å². The second-order valence-electron chi connectivity index (χ2n) is 8.64. The van der Waals surface area contributed by atoms with E-state index in [1.165, 1.54) is 11.8 Å². The van der Waals surface area contributed by atoms with Gasteiger partial charge in [-0.25, -0.2) is 4.98 Å². The maximum atomic E-state index is 13.2. The van der Waals surface area contributed by atoms with Crippen LogP contribution in [0.3, 0.4) is 0 Å². The van der Waals surface area contributed by atoms with Gasteiger partial charge in [-0.05, 0) is 44.9 Å². The first-order valence-electron chi connectivity index (χ1n) is 10.7. The van der Waals surface area contributed by atoms with E-state index in [9.17, 15) is 14.4 Å². The molecule has 0 aliphatic rings. The van der Waals surface area contributed by atoms with Gasteiger partial charge in [-0.15, -0.1) is 0 Å². The van der Waals surface area contributed by atoms with Gasteiger partial charge < -0.3 is 5.32 Å². The van der Waals surface area contributed by atoms with Crippen LogP contribution in [0, 0.1) is 12.8 Å². The average Bonchev–Trinajstić information content (AvgIpc) is 2.73. The fourth-order valence-corrected chi connectivity index (χ4v) is 4.18. The maximum Gasteiger partial charge on any atom is 0.262 e. The summed E-state index contributed by atoms with van der Waals surface area (Å²) in [7, 11) is 0. The normalized spacial score (nSPS) is 11.3. The van der Waals surface area contributed by atoms with Crippen LogP contribution < -0.4 is 10.9 Å². The van der Waals surface area contributed by atoms with Crippen molar-refractivity contribution in [3.63, 3.8) is 0 Å². The molecule has 3 aromatic rings. The summed E-state index contributed by atoms with van der Waals surface area (Å²) in [5.74, 6) is 0.173. The van der Waals surface area contributed by atoms with Gasteiger partial charge in [0.1, 0.15) is 0 Å². The van der Waals surface area contributed by atoms with E-state index in [1.807, 2.05) is 58.9 Å². The zero-order valence-electron chi connectivity index (χ0n) is 19.1. The molecule has 0 aliphatic heterocycles. The number of hydrogen-bond acceptors (Lipinski definition) is 5. The lowest BCUT2D eigenvalue weighted by Crippen LogP contribution is -2.30. The average molecular weight is 452 g/mol. The number of ketones is 1. The lowest BCUT2D eigenvalue weighted by Gasteiger charge is -2.15.